The van der Waals surface area contributed by atoms with Crippen molar-refractivity contribution >= 4 is 11.9 Å². The summed E-state index contributed by atoms with van der Waals surface area (Å²) >= 11 is 0. The molecule has 4 nitrogen and oxygen atoms in total. The molecule has 5 heteroatoms. The van der Waals surface area contributed by atoms with E-state index >= 15 is 0 Å². The molecular weight excluding hydrogens is 273 g/mol. The Balaban J connectivity index is 2.09. The van der Waals surface area contributed by atoms with Gasteiger partial charge in [-0.2, -0.15) is 0 Å². The van der Waals surface area contributed by atoms with Gasteiger partial charge in [-0.3, -0.25) is 4.79 Å². The van der Waals surface area contributed by atoms with Crippen LogP contribution in [-0.4, -0.2) is 34.0 Å². The molecule has 1 fully saturated rings. The van der Waals surface area contributed by atoms with E-state index in [0.29, 0.717) is 19.4 Å². The van der Waals surface area contributed by atoms with Crippen LogP contribution in [0.3, 0.4) is 0 Å². The highest BCUT2D eigenvalue weighted by Gasteiger charge is 2.45. The molecule has 0 aliphatic carbocycles. The fourth-order valence-corrected chi connectivity index (χ4v) is 2.89. The van der Waals surface area contributed by atoms with Gasteiger partial charge in [-0.1, -0.05) is 19.1 Å². The number of nitrogens with zero attached hydrogens (tertiary/aromatic N) is 1. The van der Waals surface area contributed by atoms with Crippen molar-refractivity contribution in [3.63, 3.8) is 0 Å². The minimum atomic E-state index is -1.11. The number of carbonyl (C=O) groups excluding carboxylic acids is 1. The molecule has 0 radical (unpaired) electrons. The summed E-state index contributed by atoms with van der Waals surface area (Å²) in [5, 5.41) is 9.34. The van der Waals surface area contributed by atoms with Gasteiger partial charge in [0.05, 0.1) is 0 Å². The Morgan fingerprint density at radius 1 is 1.48 bits per heavy atom. The average molecular weight is 293 g/mol. The van der Waals surface area contributed by atoms with Gasteiger partial charge in [0.1, 0.15) is 11.4 Å². The van der Waals surface area contributed by atoms with Crippen molar-refractivity contribution in [2.24, 2.45) is 0 Å². The number of aliphatic carboxylic acids is 1. The van der Waals surface area contributed by atoms with E-state index in [0.717, 1.165) is 5.56 Å². The van der Waals surface area contributed by atoms with Crippen LogP contribution >= 0.6 is 0 Å². The number of carboxylic acid groups (broad SMARTS) is 1. The van der Waals surface area contributed by atoms with Crippen molar-refractivity contribution in [1.82, 2.24) is 4.90 Å². The highest BCUT2D eigenvalue weighted by atomic mass is 19.1. The largest absolute Gasteiger partial charge is 0.480 e. The monoisotopic (exact) mass is 293 g/mol. The highest BCUT2D eigenvalue weighted by molar-refractivity contribution is 5.87. The quantitative estimate of drug-likeness (QED) is 0.928. The van der Waals surface area contributed by atoms with Gasteiger partial charge in [0.15, 0.2) is 0 Å². The number of hydrogen-bond donors (Lipinski definition) is 1. The second-order valence-corrected chi connectivity index (χ2v) is 5.89. The fourth-order valence-electron chi connectivity index (χ4n) is 2.89. The molecule has 1 heterocycles. The van der Waals surface area contributed by atoms with Gasteiger partial charge in [-0.25, -0.2) is 9.18 Å². The van der Waals surface area contributed by atoms with Gasteiger partial charge in [0, 0.05) is 13.0 Å². The van der Waals surface area contributed by atoms with Crippen molar-refractivity contribution in [2.45, 2.75) is 44.6 Å². The van der Waals surface area contributed by atoms with Gasteiger partial charge in [-0.05, 0) is 43.4 Å². The first-order valence-electron chi connectivity index (χ1n) is 7.14. The maximum Gasteiger partial charge on any atom is 0.329 e. The van der Waals surface area contributed by atoms with Crippen LogP contribution in [0.5, 0.6) is 0 Å². The Morgan fingerprint density at radius 3 is 2.81 bits per heavy atom. The maximum atomic E-state index is 13.2. The summed E-state index contributed by atoms with van der Waals surface area (Å²) in [6, 6.07) is 6.17. The van der Waals surface area contributed by atoms with Crippen molar-refractivity contribution in [2.75, 3.05) is 6.54 Å². The first kappa shape index (κ1) is 15.5. The topological polar surface area (TPSA) is 57.6 Å². The van der Waals surface area contributed by atoms with Gasteiger partial charge < -0.3 is 10.0 Å². The lowest BCUT2D eigenvalue weighted by Gasteiger charge is -2.32. The normalized spacial score (nSPS) is 23.1. The number of benzene rings is 1. The number of rotatable bonds is 4. The van der Waals surface area contributed by atoms with Crippen LogP contribution < -0.4 is 0 Å². The summed E-state index contributed by atoms with van der Waals surface area (Å²) < 4.78 is 13.2. The standard InChI is InChI=1S/C16H20FNO3/c1-11(12-5-3-6-13(17)10-12)9-14(19)18-8-4-7-16(18,2)15(20)21/h3,5-6,10-11H,4,7-9H2,1-2H3,(H,20,21). The lowest BCUT2D eigenvalue weighted by molar-refractivity contribution is -0.155. The minimum Gasteiger partial charge on any atom is -0.480 e. The number of carboxylic acids is 1. The van der Waals surface area contributed by atoms with E-state index in [9.17, 15) is 19.1 Å². The molecule has 1 N–H and O–H groups in total. The summed E-state index contributed by atoms with van der Waals surface area (Å²) in [5.41, 5.74) is -0.363. The first-order valence-corrected chi connectivity index (χ1v) is 7.14. The molecule has 1 amide bonds. The minimum absolute atomic E-state index is 0.146. The molecule has 2 rings (SSSR count). The van der Waals surface area contributed by atoms with E-state index in [2.05, 4.69) is 0 Å². The summed E-state index contributed by atoms with van der Waals surface area (Å²) in [7, 11) is 0. The van der Waals surface area contributed by atoms with Crippen LogP contribution in [0.2, 0.25) is 0 Å². The number of likely N-dealkylation sites (tertiary alicyclic amines) is 1. The summed E-state index contributed by atoms with van der Waals surface area (Å²) in [5.74, 6) is -1.63. The summed E-state index contributed by atoms with van der Waals surface area (Å²) in [6.07, 6.45) is 1.36. The summed E-state index contributed by atoms with van der Waals surface area (Å²) in [6.45, 7) is 3.91. The molecule has 21 heavy (non-hydrogen) atoms. The Hall–Kier alpha value is -1.91. The number of carbonyl (C=O) groups is 2. The zero-order chi connectivity index (χ0) is 15.6. The Labute approximate surface area is 123 Å². The lowest BCUT2D eigenvalue weighted by Crippen LogP contribution is -2.50. The van der Waals surface area contributed by atoms with E-state index in [1.807, 2.05) is 6.92 Å². The molecule has 0 spiro atoms. The molecule has 1 aromatic rings. The summed E-state index contributed by atoms with van der Waals surface area (Å²) in [4.78, 5) is 25.2. The van der Waals surface area contributed by atoms with Crippen LogP contribution in [0.1, 0.15) is 44.6 Å². The van der Waals surface area contributed by atoms with Crippen LogP contribution in [0.15, 0.2) is 24.3 Å². The molecule has 1 aliphatic heterocycles. The van der Waals surface area contributed by atoms with Crippen molar-refractivity contribution < 1.29 is 19.1 Å². The SMILES string of the molecule is CC(CC(=O)N1CCCC1(C)C(=O)O)c1cccc(F)c1. The van der Waals surface area contributed by atoms with Gasteiger partial charge in [0.2, 0.25) is 5.91 Å². The molecule has 114 valence electrons. The van der Waals surface area contributed by atoms with Gasteiger partial charge >= 0.3 is 5.97 Å². The smallest absolute Gasteiger partial charge is 0.329 e. The second-order valence-electron chi connectivity index (χ2n) is 5.89. The Morgan fingerprint density at radius 2 is 2.19 bits per heavy atom. The molecule has 1 saturated heterocycles. The highest BCUT2D eigenvalue weighted by Crippen LogP contribution is 2.31. The number of hydrogen-bond acceptors (Lipinski definition) is 2. The Kier molecular flexibility index (Phi) is 4.30. The predicted octanol–water partition coefficient (Wildman–Crippen LogP) is 2.79. The molecule has 1 aromatic carbocycles. The van der Waals surface area contributed by atoms with E-state index in [-0.39, 0.29) is 24.1 Å². The molecular formula is C16H20FNO3. The van der Waals surface area contributed by atoms with Crippen LogP contribution in [0.25, 0.3) is 0 Å². The van der Waals surface area contributed by atoms with Crippen LogP contribution in [0.4, 0.5) is 4.39 Å². The van der Waals surface area contributed by atoms with E-state index < -0.39 is 11.5 Å². The predicted molar refractivity (Wildman–Crippen MR) is 76.4 cm³/mol. The fraction of sp³-hybridized carbons (Fsp3) is 0.500. The van der Waals surface area contributed by atoms with E-state index in [1.54, 1.807) is 19.1 Å². The molecule has 0 aromatic heterocycles. The number of amides is 1. The third kappa shape index (κ3) is 3.06. The van der Waals surface area contributed by atoms with Crippen LogP contribution in [-0.2, 0) is 9.59 Å². The average Bonchev–Trinajstić information content (AvgIpc) is 2.82. The molecule has 0 saturated carbocycles. The zero-order valence-electron chi connectivity index (χ0n) is 12.3. The second kappa shape index (κ2) is 5.84. The molecule has 2 unspecified atom stereocenters. The molecule has 0 bridgehead atoms. The molecule has 1 aliphatic rings. The van der Waals surface area contributed by atoms with E-state index in [1.165, 1.54) is 17.0 Å². The third-order valence-corrected chi connectivity index (χ3v) is 4.30. The zero-order valence-corrected chi connectivity index (χ0v) is 12.3. The molecule has 2 atom stereocenters. The van der Waals surface area contributed by atoms with E-state index in [4.69, 9.17) is 0 Å². The lowest BCUT2D eigenvalue weighted by atomic mass is 9.95. The van der Waals surface area contributed by atoms with Gasteiger partial charge in [-0.15, -0.1) is 0 Å². The van der Waals surface area contributed by atoms with Crippen molar-refractivity contribution in [1.29, 1.82) is 0 Å². The van der Waals surface area contributed by atoms with Crippen LogP contribution in [0, 0.1) is 5.82 Å². The van der Waals surface area contributed by atoms with Crippen molar-refractivity contribution in [3.05, 3.63) is 35.6 Å². The maximum absolute atomic E-state index is 13.2. The van der Waals surface area contributed by atoms with Crippen molar-refractivity contribution in [3.8, 4) is 0 Å². The third-order valence-electron chi connectivity index (χ3n) is 4.30. The first-order chi connectivity index (χ1) is 9.84. The Bertz CT molecular complexity index is 560. The number of halogens is 1. The van der Waals surface area contributed by atoms with Gasteiger partial charge in [0.25, 0.3) is 0 Å².